The third-order valence-corrected chi connectivity index (χ3v) is 3.25. The summed E-state index contributed by atoms with van der Waals surface area (Å²) in [6.07, 6.45) is 1.29. The fourth-order valence-electron chi connectivity index (χ4n) is 2.00. The number of aliphatic imine (C=N–C) groups is 1. The number of guanidine groups is 1. The van der Waals surface area contributed by atoms with E-state index in [4.69, 9.17) is 22.9 Å². The number of benzene rings is 1. The van der Waals surface area contributed by atoms with E-state index in [1.54, 1.807) is 0 Å². The molecule has 0 aliphatic rings. The summed E-state index contributed by atoms with van der Waals surface area (Å²) in [6.45, 7) is 0.395. The number of halogens is 1. The number of nitrogens with zero attached hydrogens (tertiary/aromatic N) is 1. The van der Waals surface area contributed by atoms with Crippen LogP contribution in [0.25, 0.3) is 0 Å². The first-order valence-electron chi connectivity index (χ1n) is 7.34. The van der Waals surface area contributed by atoms with Crippen molar-refractivity contribution in [3.8, 4) is 0 Å². The Morgan fingerprint density at radius 1 is 1.12 bits per heavy atom. The predicted octanol–water partition coefficient (Wildman–Crippen LogP) is -0.998. The minimum absolute atomic E-state index is 0. The van der Waals surface area contributed by atoms with Crippen LogP contribution in [0.15, 0.2) is 35.3 Å². The minimum Gasteiger partial charge on any atom is -0.370 e. The summed E-state index contributed by atoms with van der Waals surface area (Å²) in [6, 6.07) is 7.74. The second kappa shape index (κ2) is 11.3. The molecule has 0 bridgehead atoms. The molecule has 24 heavy (non-hydrogen) atoms. The number of nitrogens with two attached hydrogens (primary N) is 4. The molecule has 2 atom stereocenters. The standard InChI is InChI=1S/C15H24N6O2.ClH/c16-11(7-4-8-20-15(18)19)14(23)21-12(13(17)22)9-10-5-2-1-3-6-10;/h1-3,5-6,11-12H,4,7-9,16H2,(H2,17,22)(H,21,23)(H4,18,19,20);1H. The molecule has 0 fully saturated rings. The molecule has 0 aliphatic heterocycles. The van der Waals surface area contributed by atoms with Crippen LogP contribution in [0.3, 0.4) is 0 Å². The Morgan fingerprint density at radius 2 is 1.75 bits per heavy atom. The molecule has 0 heterocycles. The van der Waals surface area contributed by atoms with Crippen molar-refractivity contribution in [1.82, 2.24) is 5.32 Å². The first-order valence-corrected chi connectivity index (χ1v) is 7.34. The maximum atomic E-state index is 12.0. The van der Waals surface area contributed by atoms with Crippen LogP contribution in [-0.4, -0.2) is 36.4 Å². The molecule has 1 aromatic rings. The van der Waals surface area contributed by atoms with Crippen molar-refractivity contribution in [2.45, 2.75) is 31.3 Å². The van der Waals surface area contributed by atoms with Crippen LogP contribution in [-0.2, 0) is 16.0 Å². The number of hydrogen-bond acceptors (Lipinski definition) is 4. The molecule has 0 saturated carbocycles. The third-order valence-electron chi connectivity index (χ3n) is 3.25. The summed E-state index contributed by atoms with van der Waals surface area (Å²) >= 11 is 0. The number of hydrogen-bond donors (Lipinski definition) is 5. The lowest BCUT2D eigenvalue weighted by molar-refractivity contribution is -0.128. The van der Waals surface area contributed by atoms with Gasteiger partial charge in [-0.2, -0.15) is 0 Å². The van der Waals surface area contributed by atoms with Crippen LogP contribution in [0, 0.1) is 0 Å². The molecule has 1 aromatic carbocycles. The number of primary amides is 1. The van der Waals surface area contributed by atoms with Gasteiger partial charge in [-0.15, -0.1) is 12.4 Å². The van der Waals surface area contributed by atoms with Gasteiger partial charge in [0.25, 0.3) is 0 Å². The zero-order valence-electron chi connectivity index (χ0n) is 13.4. The molecule has 0 aromatic heterocycles. The van der Waals surface area contributed by atoms with Crippen LogP contribution in [0.5, 0.6) is 0 Å². The number of rotatable bonds is 9. The lowest BCUT2D eigenvalue weighted by Crippen LogP contribution is -2.51. The highest BCUT2D eigenvalue weighted by Gasteiger charge is 2.21. The maximum Gasteiger partial charge on any atom is 0.240 e. The molecule has 8 nitrogen and oxygen atoms in total. The van der Waals surface area contributed by atoms with Gasteiger partial charge in [-0.25, -0.2) is 0 Å². The van der Waals surface area contributed by atoms with E-state index < -0.39 is 23.9 Å². The Morgan fingerprint density at radius 3 is 2.29 bits per heavy atom. The molecule has 2 amide bonds. The monoisotopic (exact) mass is 356 g/mol. The average Bonchev–Trinajstić information content (AvgIpc) is 2.51. The molecule has 9 heteroatoms. The second-order valence-corrected chi connectivity index (χ2v) is 5.21. The van der Waals surface area contributed by atoms with Gasteiger partial charge in [0.15, 0.2) is 5.96 Å². The lowest BCUT2D eigenvalue weighted by atomic mass is 10.0. The number of carbonyl (C=O) groups excluding carboxylic acids is 2. The topological polar surface area (TPSA) is 163 Å². The van der Waals surface area contributed by atoms with Gasteiger partial charge in [0.1, 0.15) is 6.04 Å². The SMILES string of the molecule is Cl.NC(=O)C(Cc1ccccc1)NC(=O)C(N)CCCN=C(N)N. The Labute approximate surface area is 147 Å². The van der Waals surface area contributed by atoms with Crippen LogP contribution >= 0.6 is 12.4 Å². The van der Waals surface area contributed by atoms with E-state index in [2.05, 4.69) is 10.3 Å². The van der Waals surface area contributed by atoms with Gasteiger partial charge in [-0.1, -0.05) is 30.3 Å². The normalized spacial score (nSPS) is 12.4. The van der Waals surface area contributed by atoms with E-state index in [1.807, 2.05) is 30.3 Å². The average molecular weight is 357 g/mol. The molecule has 0 radical (unpaired) electrons. The fourth-order valence-corrected chi connectivity index (χ4v) is 2.00. The van der Waals surface area contributed by atoms with Crippen molar-refractivity contribution < 1.29 is 9.59 Å². The van der Waals surface area contributed by atoms with Crippen molar-refractivity contribution in [3.63, 3.8) is 0 Å². The smallest absolute Gasteiger partial charge is 0.240 e. The zero-order valence-corrected chi connectivity index (χ0v) is 14.2. The molecular formula is C15H25ClN6O2. The second-order valence-electron chi connectivity index (χ2n) is 5.21. The van der Waals surface area contributed by atoms with E-state index in [-0.39, 0.29) is 18.4 Å². The summed E-state index contributed by atoms with van der Waals surface area (Å²) in [5.74, 6) is -1.02. The van der Waals surface area contributed by atoms with E-state index in [1.165, 1.54) is 0 Å². The summed E-state index contributed by atoms with van der Waals surface area (Å²) < 4.78 is 0. The molecule has 0 spiro atoms. The molecule has 0 aliphatic carbocycles. The van der Waals surface area contributed by atoms with Crippen LogP contribution in [0.4, 0.5) is 0 Å². The van der Waals surface area contributed by atoms with E-state index in [9.17, 15) is 9.59 Å². The van der Waals surface area contributed by atoms with Gasteiger partial charge in [-0.05, 0) is 18.4 Å². The Kier molecular flexibility index (Phi) is 10.2. The van der Waals surface area contributed by atoms with E-state index in [0.717, 1.165) is 5.56 Å². The summed E-state index contributed by atoms with van der Waals surface area (Å²) in [7, 11) is 0. The fraction of sp³-hybridized carbons (Fsp3) is 0.400. The van der Waals surface area contributed by atoms with Crippen LogP contribution in [0.2, 0.25) is 0 Å². The predicted molar refractivity (Wildman–Crippen MR) is 96.4 cm³/mol. The first-order chi connectivity index (χ1) is 10.9. The number of nitrogens with one attached hydrogen (secondary N) is 1. The summed E-state index contributed by atoms with van der Waals surface area (Å²) in [5.41, 5.74) is 22.5. The lowest BCUT2D eigenvalue weighted by Gasteiger charge is -2.18. The van der Waals surface area contributed by atoms with Gasteiger partial charge in [-0.3, -0.25) is 14.6 Å². The van der Waals surface area contributed by atoms with E-state index >= 15 is 0 Å². The van der Waals surface area contributed by atoms with Crippen molar-refractivity contribution in [2.75, 3.05) is 6.54 Å². The van der Waals surface area contributed by atoms with Crippen molar-refractivity contribution in [1.29, 1.82) is 0 Å². The number of amides is 2. The van der Waals surface area contributed by atoms with Crippen LogP contribution in [0.1, 0.15) is 18.4 Å². The first kappa shape index (κ1) is 21.7. The summed E-state index contributed by atoms with van der Waals surface area (Å²) in [4.78, 5) is 27.4. The molecular weight excluding hydrogens is 332 g/mol. The minimum atomic E-state index is -0.798. The van der Waals surface area contributed by atoms with Gasteiger partial charge in [0.05, 0.1) is 6.04 Å². The molecule has 1 rings (SSSR count). The van der Waals surface area contributed by atoms with Gasteiger partial charge in [0.2, 0.25) is 11.8 Å². The van der Waals surface area contributed by atoms with Crippen molar-refractivity contribution >= 4 is 30.2 Å². The molecule has 0 saturated heterocycles. The summed E-state index contributed by atoms with van der Waals surface area (Å²) in [5, 5.41) is 2.59. The Balaban J connectivity index is 0.00000529. The van der Waals surface area contributed by atoms with Crippen molar-refractivity contribution in [3.05, 3.63) is 35.9 Å². The maximum absolute atomic E-state index is 12.0. The highest BCUT2D eigenvalue weighted by Crippen LogP contribution is 2.04. The molecule has 9 N–H and O–H groups in total. The number of carbonyl (C=O) groups is 2. The van der Waals surface area contributed by atoms with Gasteiger partial charge < -0.3 is 28.3 Å². The van der Waals surface area contributed by atoms with E-state index in [0.29, 0.717) is 25.8 Å². The van der Waals surface area contributed by atoms with Crippen molar-refractivity contribution in [2.24, 2.45) is 27.9 Å². The highest BCUT2D eigenvalue weighted by atomic mass is 35.5. The Hall–Kier alpha value is -2.32. The molecule has 134 valence electrons. The third kappa shape index (κ3) is 8.35. The zero-order chi connectivity index (χ0) is 17.2. The highest BCUT2D eigenvalue weighted by molar-refractivity contribution is 5.89. The largest absolute Gasteiger partial charge is 0.370 e. The Bertz CT molecular complexity index is 548. The molecule has 2 unspecified atom stereocenters. The van der Waals surface area contributed by atoms with Gasteiger partial charge in [0, 0.05) is 13.0 Å². The van der Waals surface area contributed by atoms with Crippen LogP contribution < -0.4 is 28.3 Å². The van der Waals surface area contributed by atoms with Gasteiger partial charge >= 0.3 is 0 Å². The quantitative estimate of drug-likeness (QED) is 0.217.